The minimum absolute atomic E-state index is 0.0716. The van der Waals surface area contributed by atoms with Gasteiger partial charge >= 0.3 is 13.8 Å². The lowest BCUT2D eigenvalue weighted by Crippen LogP contribution is -2.23. The number of carbonyl (C=O) groups excluding carboxylic acids is 1. The lowest BCUT2D eigenvalue weighted by atomic mass is 10.1. The first kappa shape index (κ1) is 30.0. The molecule has 0 aliphatic rings. The van der Waals surface area contributed by atoms with Crippen molar-refractivity contribution in [3.63, 3.8) is 0 Å². The van der Waals surface area contributed by atoms with Gasteiger partial charge in [-0.15, -0.1) is 0 Å². The first-order valence-corrected chi connectivity index (χ1v) is 12.9. The zero-order chi connectivity index (χ0) is 23.2. The van der Waals surface area contributed by atoms with Crippen molar-refractivity contribution in [3.05, 3.63) is 24.3 Å². The fraction of sp³-hybridized carbons (Fsp3) is 0.773. The average Bonchev–Trinajstić information content (AvgIpc) is 2.75. The molecule has 182 valence electrons. The molecule has 0 aliphatic carbocycles. The molecule has 0 radical (unpaired) electrons. The number of hydrogen-bond donors (Lipinski definition) is 3. The second-order valence-electron chi connectivity index (χ2n) is 7.35. The molecule has 0 fully saturated rings. The molecule has 0 aromatic heterocycles. The summed E-state index contributed by atoms with van der Waals surface area (Å²) in [5, 5.41) is 9.66. The van der Waals surface area contributed by atoms with E-state index in [1.54, 1.807) is 0 Å². The van der Waals surface area contributed by atoms with E-state index in [1.165, 1.54) is 19.3 Å². The third kappa shape index (κ3) is 22.0. The molecule has 0 spiro atoms. The first-order valence-electron chi connectivity index (χ1n) is 11.4. The summed E-state index contributed by atoms with van der Waals surface area (Å²) in [4.78, 5) is 21.0. The van der Waals surface area contributed by atoms with Gasteiger partial charge in [-0.25, -0.2) is 4.57 Å². The van der Waals surface area contributed by atoms with Crippen molar-refractivity contribution in [3.8, 4) is 0 Å². The Labute approximate surface area is 187 Å². The Morgan fingerprint density at radius 2 is 1.61 bits per heavy atom. The Hall–Kier alpha value is -1.02. The van der Waals surface area contributed by atoms with Crippen LogP contribution in [0.2, 0.25) is 0 Å². The van der Waals surface area contributed by atoms with Crippen LogP contribution in [0.5, 0.6) is 0 Å². The van der Waals surface area contributed by atoms with Crippen LogP contribution in [0.3, 0.4) is 0 Å². The van der Waals surface area contributed by atoms with E-state index < -0.39 is 26.5 Å². The molecule has 0 amide bonds. The van der Waals surface area contributed by atoms with Gasteiger partial charge in [-0.05, 0) is 32.1 Å². The summed E-state index contributed by atoms with van der Waals surface area (Å²) in [7, 11) is -4.24. The molecular weight excluding hydrogens is 421 g/mol. The van der Waals surface area contributed by atoms with E-state index in [0.29, 0.717) is 0 Å². The van der Waals surface area contributed by atoms with E-state index in [2.05, 4.69) is 40.3 Å². The van der Waals surface area contributed by atoms with Crippen LogP contribution in [0.1, 0.15) is 77.6 Å². The normalized spacial score (nSPS) is 14.8. The second-order valence-corrected chi connectivity index (χ2v) is 8.80. The largest absolute Gasteiger partial charge is 0.472 e. The van der Waals surface area contributed by atoms with E-state index in [4.69, 9.17) is 10.5 Å². The molecule has 0 saturated heterocycles. The van der Waals surface area contributed by atoms with Crippen LogP contribution in [-0.4, -0.2) is 48.4 Å². The molecule has 0 bridgehead atoms. The minimum Gasteiger partial charge on any atom is -0.463 e. The fourth-order valence-electron chi connectivity index (χ4n) is 2.59. The smallest absolute Gasteiger partial charge is 0.463 e. The number of hydrogen-bond acceptors (Lipinski definition) is 7. The average molecular weight is 464 g/mol. The lowest BCUT2D eigenvalue weighted by Gasteiger charge is -2.15. The summed E-state index contributed by atoms with van der Waals surface area (Å²) in [6.07, 6.45) is 18.8. The monoisotopic (exact) mass is 463 g/mol. The van der Waals surface area contributed by atoms with Crippen molar-refractivity contribution in [2.45, 2.75) is 83.7 Å². The molecule has 8 nitrogen and oxygen atoms in total. The Balaban J connectivity index is 3.55. The number of allylic oxidation sites excluding steroid dienone is 4. The molecule has 2 atom stereocenters. The number of aliphatic hydroxyl groups excluding tert-OH is 1. The van der Waals surface area contributed by atoms with Crippen molar-refractivity contribution >= 4 is 13.8 Å². The number of aliphatic hydroxyl groups is 1. The fourth-order valence-corrected chi connectivity index (χ4v) is 3.36. The summed E-state index contributed by atoms with van der Waals surface area (Å²) in [6.45, 7) is 1.37. The summed E-state index contributed by atoms with van der Waals surface area (Å²) in [6, 6.07) is 0. The van der Waals surface area contributed by atoms with Crippen LogP contribution in [0, 0.1) is 0 Å². The molecule has 0 aromatic rings. The van der Waals surface area contributed by atoms with Crippen LogP contribution in [0.4, 0.5) is 0 Å². The molecule has 9 heteroatoms. The van der Waals surface area contributed by atoms with Gasteiger partial charge < -0.3 is 20.5 Å². The van der Waals surface area contributed by atoms with Gasteiger partial charge in [0.1, 0.15) is 12.7 Å². The first-order chi connectivity index (χ1) is 14.9. The highest BCUT2D eigenvalue weighted by Gasteiger charge is 2.22. The van der Waals surface area contributed by atoms with E-state index in [-0.39, 0.29) is 26.2 Å². The highest BCUT2D eigenvalue weighted by Crippen LogP contribution is 2.42. The Morgan fingerprint density at radius 1 is 0.968 bits per heavy atom. The van der Waals surface area contributed by atoms with Gasteiger partial charge in [-0.1, -0.05) is 63.3 Å². The third-order valence-corrected chi connectivity index (χ3v) is 5.30. The molecule has 31 heavy (non-hydrogen) atoms. The van der Waals surface area contributed by atoms with E-state index in [0.717, 1.165) is 44.9 Å². The maximum Gasteiger partial charge on any atom is 0.472 e. The second kappa shape index (κ2) is 20.9. The summed E-state index contributed by atoms with van der Waals surface area (Å²) < 4.78 is 25.5. The van der Waals surface area contributed by atoms with Gasteiger partial charge in [-0.2, -0.15) is 0 Å². The van der Waals surface area contributed by atoms with Crippen LogP contribution >= 0.6 is 7.82 Å². The number of esters is 1. The predicted molar refractivity (Wildman–Crippen MR) is 122 cm³/mol. The maximum atomic E-state index is 11.7. The van der Waals surface area contributed by atoms with Crippen LogP contribution in [0.25, 0.3) is 0 Å². The number of carbonyl (C=O) groups is 1. The van der Waals surface area contributed by atoms with Crippen molar-refractivity contribution in [1.82, 2.24) is 0 Å². The third-order valence-electron chi connectivity index (χ3n) is 4.32. The lowest BCUT2D eigenvalue weighted by molar-refractivity contribution is -0.147. The van der Waals surface area contributed by atoms with Gasteiger partial charge in [0.2, 0.25) is 0 Å². The molecular formula is C22H42NO7P. The highest BCUT2D eigenvalue weighted by atomic mass is 31.2. The van der Waals surface area contributed by atoms with Gasteiger partial charge in [0.05, 0.1) is 13.2 Å². The Kier molecular flexibility index (Phi) is 20.2. The van der Waals surface area contributed by atoms with Gasteiger partial charge in [0.15, 0.2) is 0 Å². The molecule has 0 aromatic carbocycles. The molecule has 4 N–H and O–H groups in total. The summed E-state index contributed by atoms with van der Waals surface area (Å²) in [5.41, 5.74) is 5.16. The van der Waals surface area contributed by atoms with E-state index >= 15 is 0 Å². The zero-order valence-corrected chi connectivity index (χ0v) is 19.8. The van der Waals surface area contributed by atoms with Crippen molar-refractivity contribution in [2.24, 2.45) is 5.73 Å². The quantitative estimate of drug-likeness (QED) is 0.0988. The number of unbranched alkanes of at least 4 members (excludes halogenated alkanes) is 7. The number of phosphoric acid groups is 1. The topological polar surface area (TPSA) is 128 Å². The van der Waals surface area contributed by atoms with Crippen molar-refractivity contribution in [2.75, 3.05) is 26.4 Å². The van der Waals surface area contributed by atoms with Gasteiger partial charge in [0.25, 0.3) is 0 Å². The Morgan fingerprint density at radius 3 is 2.29 bits per heavy atom. The summed E-state index contributed by atoms with van der Waals surface area (Å²) in [5.74, 6) is -0.402. The van der Waals surface area contributed by atoms with Crippen molar-refractivity contribution in [1.29, 1.82) is 0 Å². The zero-order valence-electron chi connectivity index (χ0n) is 19.0. The molecule has 0 saturated carbocycles. The minimum atomic E-state index is -4.24. The van der Waals surface area contributed by atoms with E-state index in [9.17, 15) is 19.4 Å². The number of rotatable bonds is 21. The number of nitrogens with two attached hydrogens (primary N) is 1. The van der Waals surface area contributed by atoms with Crippen LogP contribution < -0.4 is 5.73 Å². The highest BCUT2D eigenvalue weighted by molar-refractivity contribution is 7.47. The van der Waals surface area contributed by atoms with E-state index in [1.807, 2.05) is 0 Å². The van der Waals surface area contributed by atoms with Gasteiger partial charge in [0, 0.05) is 13.0 Å². The van der Waals surface area contributed by atoms with Crippen LogP contribution in [-0.2, 0) is 23.1 Å². The molecule has 0 aliphatic heterocycles. The number of phosphoric ester groups is 1. The molecule has 0 rings (SSSR count). The van der Waals surface area contributed by atoms with Gasteiger partial charge in [-0.3, -0.25) is 13.8 Å². The summed E-state index contributed by atoms with van der Waals surface area (Å²) >= 11 is 0. The SMILES string of the molecule is CCCC/C=C/C/C=C/CCCCCCCC(=O)OC[C@@H](O)COP(=O)(O)OCCN. The number of ether oxygens (including phenoxy) is 1. The standard InChI is InChI=1S/C22H42NO7P/c1-2-3-4-5-6-7-8-9-10-11-12-13-14-15-16-22(25)28-19-21(24)20-30-31(26,27)29-18-17-23/h5-6,8-9,21,24H,2-4,7,10-20,23H2,1H3,(H,26,27)/b6-5+,9-8+/t21-/m1/s1. The maximum absolute atomic E-state index is 11.7. The molecule has 1 unspecified atom stereocenters. The van der Waals surface area contributed by atoms with Crippen LogP contribution in [0.15, 0.2) is 24.3 Å². The van der Waals surface area contributed by atoms with Crippen molar-refractivity contribution < 1.29 is 33.1 Å². The predicted octanol–water partition coefficient (Wildman–Crippen LogP) is 4.41. The Bertz CT molecular complexity index is 540. The molecule has 0 heterocycles.